The molecule has 6 aromatic rings. The maximum atomic E-state index is 5.47. The minimum Gasteiger partial charge on any atom is -0.332 e. The molecule has 6 nitrogen and oxygen atoms in total. The third-order valence-corrected chi connectivity index (χ3v) is 6.94. The number of rotatable bonds is 7. The van der Waals surface area contributed by atoms with Gasteiger partial charge in [-0.15, -0.1) is 0 Å². The number of nitrogens with one attached hydrogen (secondary N) is 2. The van der Waals surface area contributed by atoms with Gasteiger partial charge in [-0.2, -0.15) is 0 Å². The van der Waals surface area contributed by atoms with E-state index < -0.39 is 0 Å². The Bertz CT molecular complexity index is 1370. The van der Waals surface area contributed by atoms with Crippen molar-refractivity contribution in [2.45, 2.75) is 0 Å². The van der Waals surface area contributed by atoms with E-state index in [0.717, 1.165) is 42.1 Å². The lowest BCUT2D eigenvalue weighted by molar-refractivity contribution is -0.0999. The average molecular weight is 483 g/mol. The Morgan fingerprint density at radius 1 is 0.500 bits per heavy atom. The first kappa shape index (κ1) is 20.5. The number of hydrogen-bond acceptors (Lipinski definition) is 8. The smallest absolute Gasteiger partial charge is 0.188 e. The van der Waals surface area contributed by atoms with E-state index >= 15 is 0 Å². The second kappa shape index (κ2) is 9.01. The lowest BCUT2D eigenvalue weighted by Crippen LogP contribution is -2.00. The van der Waals surface area contributed by atoms with Gasteiger partial charge in [-0.3, -0.25) is 9.78 Å². The normalized spacial score (nSPS) is 10.9. The van der Waals surface area contributed by atoms with Crippen LogP contribution in [0.15, 0.2) is 97.1 Å². The summed E-state index contributed by atoms with van der Waals surface area (Å²) in [4.78, 5) is 20.1. The van der Waals surface area contributed by atoms with Crippen molar-refractivity contribution in [2.24, 2.45) is 0 Å². The molecular formula is C26H18N4O2S2. The van der Waals surface area contributed by atoms with Gasteiger partial charge in [0.1, 0.15) is 0 Å². The molecule has 2 aromatic heterocycles. The van der Waals surface area contributed by atoms with Crippen LogP contribution in [0.25, 0.3) is 20.4 Å². The van der Waals surface area contributed by atoms with Gasteiger partial charge in [0.2, 0.25) is 0 Å². The van der Waals surface area contributed by atoms with Crippen molar-refractivity contribution >= 4 is 64.7 Å². The summed E-state index contributed by atoms with van der Waals surface area (Å²) in [6.07, 6.45) is 0. The molecule has 0 bridgehead atoms. The van der Waals surface area contributed by atoms with Gasteiger partial charge in [0.25, 0.3) is 0 Å². The van der Waals surface area contributed by atoms with Gasteiger partial charge in [-0.05, 0) is 72.8 Å². The van der Waals surface area contributed by atoms with Gasteiger partial charge in [-0.25, -0.2) is 9.97 Å². The largest absolute Gasteiger partial charge is 0.332 e. The Labute approximate surface area is 203 Å². The van der Waals surface area contributed by atoms with E-state index in [9.17, 15) is 0 Å². The van der Waals surface area contributed by atoms with Crippen molar-refractivity contribution in [3.05, 3.63) is 97.1 Å². The zero-order valence-corrected chi connectivity index (χ0v) is 19.4. The van der Waals surface area contributed by atoms with Crippen molar-refractivity contribution in [3.8, 4) is 11.5 Å². The van der Waals surface area contributed by atoms with Gasteiger partial charge in [0, 0.05) is 11.4 Å². The fourth-order valence-electron chi connectivity index (χ4n) is 3.38. The summed E-state index contributed by atoms with van der Waals surface area (Å²) in [6.45, 7) is 0. The van der Waals surface area contributed by atoms with Gasteiger partial charge in [0.15, 0.2) is 21.8 Å². The second-order valence-electron chi connectivity index (χ2n) is 7.44. The molecular weight excluding hydrogens is 464 g/mol. The van der Waals surface area contributed by atoms with Crippen LogP contribution in [0, 0.1) is 0 Å². The molecule has 2 heterocycles. The molecule has 34 heavy (non-hydrogen) atoms. The molecule has 0 fully saturated rings. The molecule has 0 aliphatic rings. The van der Waals surface area contributed by atoms with Gasteiger partial charge in [0.05, 0.1) is 20.4 Å². The van der Waals surface area contributed by atoms with Crippen LogP contribution in [0.4, 0.5) is 21.6 Å². The van der Waals surface area contributed by atoms with Crippen LogP contribution < -0.4 is 20.4 Å². The zero-order chi connectivity index (χ0) is 22.7. The van der Waals surface area contributed by atoms with E-state index in [0.29, 0.717) is 11.5 Å². The summed E-state index contributed by atoms with van der Waals surface area (Å²) in [5.74, 6) is 1.21. The van der Waals surface area contributed by atoms with Crippen molar-refractivity contribution in [1.82, 2.24) is 9.97 Å². The summed E-state index contributed by atoms with van der Waals surface area (Å²) >= 11 is 3.24. The monoisotopic (exact) mass is 482 g/mol. The number of anilines is 4. The number of para-hydroxylation sites is 2. The van der Waals surface area contributed by atoms with Crippen molar-refractivity contribution in [1.29, 1.82) is 0 Å². The quantitative estimate of drug-likeness (QED) is 0.179. The first-order valence-electron chi connectivity index (χ1n) is 10.6. The van der Waals surface area contributed by atoms with E-state index in [4.69, 9.17) is 9.78 Å². The molecule has 0 saturated carbocycles. The van der Waals surface area contributed by atoms with Crippen LogP contribution in [0.3, 0.4) is 0 Å². The third-order valence-electron chi connectivity index (χ3n) is 5.03. The van der Waals surface area contributed by atoms with E-state index in [1.807, 2.05) is 84.9 Å². The van der Waals surface area contributed by atoms with Crippen molar-refractivity contribution in [3.63, 3.8) is 0 Å². The molecule has 166 valence electrons. The highest BCUT2D eigenvalue weighted by Crippen LogP contribution is 2.30. The minimum absolute atomic E-state index is 0.603. The van der Waals surface area contributed by atoms with Crippen LogP contribution in [0.2, 0.25) is 0 Å². The number of thiazole rings is 2. The highest BCUT2D eigenvalue weighted by molar-refractivity contribution is 7.22. The van der Waals surface area contributed by atoms with E-state index in [1.54, 1.807) is 22.7 Å². The highest BCUT2D eigenvalue weighted by atomic mass is 32.1. The Kier molecular flexibility index (Phi) is 5.42. The predicted molar refractivity (Wildman–Crippen MR) is 140 cm³/mol. The molecule has 6 rings (SSSR count). The van der Waals surface area contributed by atoms with E-state index in [1.165, 1.54) is 0 Å². The summed E-state index contributed by atoms with van der Waals surface area (Å²) in [5, 5.41) is 8.36. The van der Waals surface area contributed by atoms with Gasteiger partial charge >= 0.3 is 0 Å². The van der Waals surface area contributed by atoms with Crippen LogP contribution in [-0.4, -0.2) is 9.97 Å². The van der Waals surface area contributed by atoms with Crippen LogP contribution in [0.1, 0.15) is 0 Å². The molecule has 0 atom stereocenters. The predicted octanol–water partition coefficient (Wildman–Crippen LogP) is 7.77. The van der Waals surface area contributed by atoms with Crippen molar-refractivity contribution < 1.29 is 9.78 Å². The van der Waals surface area contributed by atoms with Crippen LogP contribution in [-0.2, 0) is 0 Å². The highest BCUT2D eigenvalue weighted by Gasteiger charge is 2.06. The Balaban J connectivity index is 1.05. The molecule has 0 amide bonds. The SMILES string of the molecule is c1ccc2sc(Nc3ccc(OOc4ccc(Nc5nc6ccccc6s5)cc4)cc3)nc2c1. The molecule has 0 radical (unpaired) electrons. The van der Waals surface area contributed by atoms with Gasteiger partial charge in [-0.1, -0.05) is 46.9 Å². The molecule has 4 aromatic carbocycles. The van der Waals surface area contributed by atoms with E-state index in [-0.39, 0.29) is 0 Å². The molecule has 0 spiro atoms. The summed E-state index contributed by atoms with van der Waals surface area (Å²) in [6, 6.07) is 31.3. The molecule has 0 unspecified atom stereocenters. The Hall–Kier alpha value is -4.14. The number of hydrogen-bond donors (Lipinski definition) is 2. The standard InChI is InChI=1S/C26H18N4O2S2/c1-3-7-23-21(5-1)29-25(33-23)27-17-9-13-19(14-10-17)31-32-20-15-11-18(12-16-20)28-26-30-22-6-2-4-8-24(22)34-26/h1-16H,(H,27,29)(H,28,30). The maximum Gasteiger partial charge on any atom is 0.188 e. The molecule has 2 N–H and O–H groups in total. The maximum absolute atomic E-state index is 5.47. The number of benzene rings is 4. The fourth-order valence-corrected chi connectivity index (χ4v) is 5.15. The number of fused-ring (bicyclic) bond motifs is 2. The first-order valence-corrected chi connectivity index (χ1v) is 12.2. The lowest BCUT2D eigenvalue weighted by atomic mass is 10.3. The summed E-state index contributed by atoms with van der Waals surface area (Å²) in [7, 11) is 0. The summed E-state index contributed by atoms with van der Waals surface area (Å²) < 4.78 is 2.30. The molecule has 8 heteroatoms. The molecule has 0 aliphatic heterocycles. The Morgan fingerprint density at radius 3 is 1.32 bits per heavy atom. The Morgan fingerprint density at radius 2 is 0.912 bits per heavy atom. The molecule has 0 aliphatic carbocycles. The minimum atomic E-state index is 0.603. The zero-order valence-electron chi connectivity index (χ0n) is 17.8. The average Bonchev–Trinajstić information content (AvgIpc) is 3.47. The number of aromatic nitrogens is 2. The van der Waals surface area contributed by atoms with Crippen LogP contribution in [0.5, 0.6) is 11.5 Å². The van der Waals surface area contributed by atoms with E-state index in [2.05, 4.69) is 32.7 Å². The topological polar surface area (TPSA) is 68.3 Å². The van der Waals surface area contributed by atoms with Crippen LogP contribution >= 0.6 is 22.7 Å². The lowest BCUT2D eigenvalue weighted by Gasteiger charge is -2.08. The first-order chi connectivity index (χ1) is 16.8. The van der Waals surface area contributed by atoms with Gasteiger partial charge < -0.3 is 10.6 Å². The second-order valence-corrected chi connectivity index (χ2v) is 9.50. The number of nitrogens with zero attached hydrogens (tertiary/aromatic N) is 2. The fraction of sp³-hybridized carbons (Fsp3) is 0. The van der Waals surface area contributed by atoms with Crippen molar-refractivity contribution in [2.75, 3.05) is 10.6 Å². The summed E-state index contributed by atoms with van der Waals surface area (Å²) in [5.41, 5.74) is 3.84. The third kappa shape index (κ3) is 4.50. The molecule has 0 saturated heterocycles.